The van der Waals surface area contributed by atoms with Crippen molar-refractivity contribution in [3.05, 3.63) is 53.1 Å². The van der Waals surface area contributed by atoms with Crippen LogP contribution in [0.15, 0.2) is 36.7 Å². The molecular formula is C15H14ClFN2. The lowest BCUT2D eigenvalue weighted by Crippen LogP contribution is -2.15. The van der Waals surface area contributed by atoms with Crippen LogP contribution in [0.25, 0.3) is 11.1 Å². The van der Waals surface area contributed by atoms with Crippen molar-refractivity contribution >= 4 is 11.6 Å². The summed E-state index contributed by atoms with van der Waals surface area (Å²) in [6, 6.07) is 7.98. The number of hydrogen-bond acceptors (Lipinski definition) is 2. The molecule has 0 amide bonds. The highest BCUT2D eigenvalue weighted by Crippen LogP contribution is 2.29. The summed E-state index contributed by atoms with van der Waals surface area (Å²) in [5.74, 6) is -0.354. The lowest BCUT2D eigenvalue weighted by atomic mass is 10.1. The number of rotatable bonds is 4. The molecule has 1 saturated carbocycles. The van der Waals surface area contributed by atoms with Gasteiger partial charge >= 0.3 is 0 Å². The Balaban J connectivity index is 1.82. The molecule has 2 aromatic rings. The molecule has 0 radical (unpaired) electrons. The second-order valence-corrected chi connectivity index (χ2v) is 5.27. The van der Waals surface area contributed by atoms with Crippen LogP contribution in [0.5, 0.6) is 0 Å². The van der Waals surface area contributed by atoms with Crippen molar-refractivity contribution in [3.63, 3.8) is 0 Å². The molecule has 2 nitrogen and oxygen atoms in total. The van der Waals surface area contributed by atoms with Gasteiger partial charge in [-0.1, -0.05) is 23.7 Å². The van der Waals surface area contributed by atoms with E-state index in [1.54, 1.807) is 6.20 Å². The van der Waals surface area contributed by atoms with Crippen molar-refractivity contribution in [3.8, 4) is 11.1 Å². The Hall–Kier alpha value is -1.45. The summed E-state index contributed by atoms with van der Waals surface area (Å²) < 4.78 is 13.2. The first-order valence-electron chi connectivity index (χ1n) is 6.35. The molecule has 1 aromatic carbocycles. The van der Waals surface area contributed by atoms with E-state index >= 15 is 0 Å². The molecule has 0 spiro atoms. The summed E-state index contributed by atoms with van der Waals surface area (Å²) >= 11 is 6.27. The summed E-state index contributed by atoms with van der Waals surface area (Å²) in [6.07, 6.45) is 5.33. The maximum absolute atomic E-state index is 13.2. The molecule has 1 fully saturated rings. The van der Waals surface area contributed by atoms with Crippen molar-refractivity contribution in [2.24, 2.45) is 0 Å². The lowest BCUT2D eigenvalue weighted by Gasteiger charge is -2.08. The second kappa shape index (κ2) is 5.27. The zero-order valence-electron chi connectivity index (χ0n) is 10.4. The van der Waals surface area contributed by atoms with Gasteiger partial charge in [-0.25, -0.2) is 4.39 Å². The van der Waals surface area contributed by atoms with Crippen LogP contribution in [0.4, 0.5) is 4.39 Å². The number of aromatic nitrogens is 1. The molecule has 0 aliphatic heterocycles. The summed E-state index contributed by atoms with van der Waals surface area (Å²) in [4.78, 5) is 3.85. The Morgan fingerprint density at radius 2 is 2.11 bits per heavy atom. The number of benzene rings is 1. The monoisotopic (exact) mass is 276 g/mol. The van der Waals surface area contributed by atoms with Gasteiger partial charge in [-0.05, 0) is 30.5 Å². The average Bonchev–Trinajstić information content (AvgIpc) is 3.20. The second-order valence-electron chi connectivity index (χ2n) is 4.86. The molecule has 0 unspecified atom stereocenters. The molecule has 1 N–H and O–H groups in total. The van der Waals surface area contributed by atoms with E-state index in [2.05, 4.69) is 10.3 Å². The maximum Gasteiger partial charge on any atom is 0.142 e. The summed E-state index contributed by atoms with van der Waals surface area (Å²) in [7, 11) is 0. The van der Waals surface area contributed by atoms with Crippen LogP contribution in [-0.4, -0.2) is 11.0 Å². The molecule has 1 aromatic heterocycles. The molecular weight excluding hydrogens is 263 g/mol. The SMILES string of the molecule is Fc1cncc(-c2ccc(CNC3CC3)cc2Cl)c1. The molecule has 98 valence electrons. The number of halogens is 2. The minimum absolute atomic E-state index is 0.354. The minimum atomic E-state index is -0.354. The van der Waals surface area contributed by atoms with Crippen LogP contribution >= 0.6 is 11.6 Å². The smallest absolute Gasteiger partial charge is 0.142 e. The largest absolute Gasteiger partial charge is 0.310 e. The molecule has 0 saturated heterocycles. The average molecular weight is 277 g/mol. The fourth-order valence-corrected chi connectivity index (χ4v) is 2.32. The highest BCUT2D eigenvalue weighted by molar-refractivity contribution is 6.33. The van der Waals surface area contributed by atoms with Crippen LogP contribution in [0.1, 0.15) is 18.4 Å². The first kappa shape index (κ1) is 12.6. The van der Waals surface area contributed by atoms with Gasteiger partial charge in [0, 0.05) is 34.9 Å². The lowest BCUT2D eigenvalue weighted by molar-refractivity contribution is 0.622. The van der Waals surface area contributed by atoms with Crippen LogP contribution in [-0.2, 0) is 6.54 Å². The van der Waals surface area contributed by atoms with Crippen molar-refractivity contribution in [2.75, 3.05) is 0 Å². The third-order valence-electron chi connectivity index (χ3n) is 3.22. The predicted molar refractivity (Wildman–Crippen MR) is 74.5 cm³/mol. The van der Waals surface area contributed by atoms with Gasteiger partial charge in [0.05, 0.1) is 6.20 Å². The van der Waals surface area contributed by atoms with Gasteiger partial charge in [0.25, 0.3) is 0 Å². The summed E-state index contributed by atoms with van der Waals surface area (Å²) in [6.45, 7) is 0.825. The summed E-state index contributed by atoms with van der Waals surface area (Å²) in [5, 5.41) is 4.06. The molecule has 0 bridgehead atoms. The number of nitrogens with zero attached hydrogens (tertiary/aromatic N) is 1. The molecule has 19 heavy (non-hydrogen) atoms. The number of hydrogen-bond donors (Lipinski definition) is 1. The van der Waals surface area contributed by atoms with E-state index in [1.807, 2.05) is 18.2 Å². The third kappa shape index (κ3) is 3.11. The van der Waals surface area contributed by atoms with Gasteiger partial charge < -0.3 is 5.32 Å². The number of nitrogens with one attached hydrogen (secondary N) is 1. The molecule has 0 atom stereocenters. The maximum atomic E-state index is 13.2. The Kier molecular flexibility index (Phi) is 3.49. The zero-order valence-corrected chi connectivity index (χ0v) is 11.1. The van der Waals surface area contributed by atoms with Gasteiger partial charge in [0.1, 0.15) is 5.82 Å². The number of pyridine rings is 1. The van der Waals surface area contributed by atoms with Crippen molar-refractivity contribution < 1.29 is 4.39 Å². The molecule has 3 rings (SSSR count). The van der Waals surface area contributed by atoms with Crippen molar-refractivity contribution in [2.45, 2.75) is 25.4 Å². The fourth-order valence-electron chi connectivity index (χ4n) is 2.01. The molecule has 4 heteroatoms. The van der Waals surface area contributed by atoms with Crippen LogP contribution < -0.4 is 5.32 Å². The highest BCUT2D eigenvalue weighted by atomic mass is 35.5. The van der Waals surface area contributed by atoms with Crippen LogP contribution in [0.3, 0.4) is 0 Å². The van der Waals surface area contributed by atoms with E-state index in [0.717, 1.165) is 17.7 Å². The van der Waals surface area contributed by atoms with Crippen molar-refractivity contribution in [1.82, 2.24) is 10.3 Å². The quantitative estimate of drug-likeness (QED) is 0.919. The fraction of sp³-hybridized carbons (Fsp3) is 0.267. The van der Waals surface area contributed by atoms with E-state index in [-0.39, 0.29) is 5.82 Å². The Morgan fingerprint density at radius 3 is 2.79 bits per heavy atom. The van der Waals surface area contributed by atoms with E-state index in [1.165, 1.54) is 25.1 Å². The first-order chi connectivity index (χ1) is 9.22. The van der Waals surface area contributed by atoms with Crippen molar-refractivity contribution in [1.29, 1.82) is 0 Å². The predicted octanol–water partition coefficient (Wildman–Crippen LogP) is 3.79. The summed E-state index contributed by atoms with van der Waals surface area (Å²) in [5.41, 5.74) is 2.65. The van der Waals surface area contributed by atoms with E-state index in [0.29, 0.717) is 16.6 Å². The van der Waals surface area contributed by atoms with Gasteiger partial charge in [0.2, 0.25) is 0 Å². The molecule has 1 heterocycles. The Morgan fingerprint density at radius 1 is 1.26 bits per heavy atom. The zero-order chi connectivity index (χ0) is 13.2. The van der Waals surface area contributed by atoms with Gasteiger partial charge in [0.15, 0.2) is 0 Å². The normalized spacial score (nSPS) is 14.6. The van der Waals surface area contributed by atoms with Crippen LogP contribution in [0, 0.1) is 5.82 Å². The molecule has 1 aliphatic carbocycles. The Bertz CT molecular complexity index is 596. The van der Waals surface area contributed by atoms with Gasteiger partial charge in [-0.3, -0.25) is 4.98 Å². The van der Waals surface area contributed by atoms with E-state index < -0.39 is 0 Å². The van der Waals surface area contributed by atoms with E-state index in [9.17, 15) is 4.39 Å². The van der Waals surface area contributed by atoms with Crippen LogP contribution in [0.2, 0.25) is 5.02 Å². The minimum Gasteiger partial charge on any atom is -0.310 e. The van der Waals surface area contributed by atoms with Gasteiger partial charge in [-0.2, -0.15) is 0 Å². The Labute approximate surface area is 116 Å². The van der Waals surface area contributed by atoms with E-state index in [4.69, 9.17) is 11.6 Å². The molecule has 1 aliphatic rings. The third-order valence-corrected chi connectivity index (χ3v) is 3.53. The first-order valence-corrected chi connectivity index (χ1v) is 6.73. The van der Waals surface area contributed by atoms with Gasteiger partial charge in [-0.15, -0.1) is 0 Å². The highest BCUT2D eigenvalue weighted by Gasteiger charge is 2.20. The topological polar surface area (TPSA) is 24.9 Å². The standard InChI is InChI=1S/C15H14ClFN2/c16-15-5-10(7-19-13-2-3-13)1-4-14(15)11-6-12(17)9-18-8-11/h1,4-6,8-9,13,19H,2-3,7H2.